The SMILES string of the molecule is NCCc1cccc2ccn(Cc3cc(F)ccc3F)c12. The van der Waals surface area contributed by atoms with Gasteiger partial charge in [-0.3, -0.25) is 0 Å². The lowest BCUT2D eigenvalue weighted by Gasteiger charge is -2.10. The monoisotopic (exact) mass is 286 g/mol. The normalized spacial score (nSPS) is 11.2. The van der Waals surface area contributed by atoms with Crippen molar-refractivity contribution in [1.82, 2.24) is 4.57 Å². The van der Waals surface area contributed by atoms with Crippen LogP contribution in [0.15, 0.2) is 48.7 Å². The number of rotatable bonds is 4. The second-order valence-electron chi connectivity index (χ2n) is 5.07. The minimum Gasteiger partial charge on any atom is -0.343 e. The second kappa shape index (κ2) is 5.66. The van der Waals surface area contributed by atoms with E-state index in [4.69, 9.17) is 5.73 Å². The van der Waals surface area contributed by atoms with E-state index in [1.165, 1.54) is 6.07 Å². The Morgan fingerprint density at radius 2 is 1.86 bits per heavy atom. The van der Waals surface area contributed by atoms with Crippen LogP contribution in [0.3, 0.4) is 0 Å². The van der Waals surface area contributed by atoms with Crippen molar-refractivity contribution < 1.29 is 8.78 Å². The van der Waals surface area contributed by atoms with Gasteiger partial charge in [-0.2, -0.15) is 0 Å². The molecule has 4 heteroatoms. The fourth-order valence-electron chi connectivity index (χ4n) is 2.68. The first kappa shape index (κ1) is 13.8. The van der Waals surface area contributed by atoms with Gasteiger partial charge in [0.1, 0.15) is 11.6 Å². The van der Waals surface area contributed by atoms with Crippen LogP contribution in [-0.2, 0) is 13.0 Å². The molecule has 3 aromatic rings. The van der Waals surface area contributed by atoms with E-state index in [9.17, 15) is 8.78 Å². The summed E-state index contributed by atoms with van der Waals surface area (Å²) in [5.41, 5.74) is 8.15. The van der Waals surface area contributed by atoms with E-state index in [0.29, 0.717) is 18.7 Å². The largest absolute Gasteiger partial charge is 0.343 e. The van der Waals surface area contributed by atoms with Crippen molar-refractivity contribution in [3.05, 3.63) is 71.4 Å². The van der Waals surface area contributed by atoms with Crippen molar-refractivity contribution in [3.63, 3.8) is 0 Å². The molecule has 2 aromatic carbocycles. The van der Waals surface area contributed by atoms with E-state index in [1.807, 2.05) is 35.0 Å². The first-order chi connectivity index (χ1) is 10.2. The van der Waals surface area contributed by atoms with E-state index in [2.05, 4.69) is 0 Å². The van der Waals surface area contributed by atoms with Crippen LogP contribution < -0.4 is 5.73 Å². The van der Waals surface area contributed by atoms with Crippen LogP contribution in [0.4, 0.5) is 8.78 Å². The van der Waals surface area contributed by atoms with Crippen LogP contribution in [0.1, 0.15) is 11.1 Å². The number of hydrogen-bond donors (Lipinski definition) is 1. The Labute approximate surface area is 121 Å². The standard InChI is InChI=1S/C17H16F2N2/c18-15-4-5-16(19)14(10-15)11-21-9-7-13-3-1-2-12(6-8-20)17(13)21/h1-5,7,9-10H,6,8,11,20H2. The zero-order valence-corrected chi connectivity index (χ0v) is 11.5. The number of fused-ring (bicyclic) bond motifs is 1. The van der Waals surface area contributed by atoms with Crippen molar-refractivity contribution in [1.29, 1.82) is 0 Å². The Balaban J connectivity index is 2.06. The summed E-state index contributed by atoms with van der Waals surface area (Å²) in [6.07, 6.45) is 2.65. The maximum atomic E-state index is 13.8. The molecule has 0 unspecified atom stereocenters. The number of aromatic nitrogens is 1. The lowest BCUT2D eigenvalue weighted by Crippen LogP contribution is -2.06. The molecule has 0 radical (unpaired) electrons. The Hall–Kier alpha value is -2.20. The molecule has 3 rings (SSSR count). The molecule has 108 valence electrons. The van der Waals surface area contributed by atoms with Crippen LogP contribution in [-0.4, -0.2) is 11.1 Å². The van der Waals surface area contributed by atoms with Gasteiger partial charge in [-0.1, -0.05) is 18.2 Å². The number of nitrogens with zero attached hydrogens (tertiary/aromatic N) is 1. The summed E-state index contributed by atoms with van der Waals surface area (Å²) in [6.45, 7) is 0.854. The fraction of sp³-hybridized carbons (Fsp3) is 0.176. The summed E-state index contributed by atoms with van der Waals surface area (Å²) < 4.78 is 29.1. The molecule has 0 fully saturated rings. The van der Waals surface area contributed by atoms with Gasteiger partial charge in [0.25, 0.3) is 0 Å². The van der Waals surface area contributed by atoms with Crippen LogP contribution in [0.2, 0.25) is 0 Å². The molecule has 0 atom stereocenters. The van der Waals surface area contributed by atoms with Crippen molar-refractivity contribution >= 4 is 10.9 Å². The third-order valence-corrected chi connectivity index (χ3v) is 3.63. The van der Waals surface area contributed by atoms with Crippen LogP contribution >= 0.6 is 0 Å². The lowest BCUT2D eigenvalue weighted by atomic mass is 10.1. The van der Waals surface area contributed by atoms with Gasteiger partial charge in [0.15, 0.2) is 0 Å². The quantitative estimate of drug-likeness (QED) is 0.782. The van der Waals surface area contributed by atoms with E-state index in [0.717, 1.165) is 35.0 Å². The fourth-order valence-corrected chi connectivity index (χ4v) is 2.68. The minimum absolute atomic E-state index is 0.300. The zero-order valence-electron chi connectivity index (χ0n) is 11.5. The average molecular weight is 286 g/mol. The minimum atomic E-state index is -0.426. The van der Waals surface area contributed by atoms with Gasteiger partial charge in [-0.05, 0) is 48.2 Å². The maximum absolute atomic E-state index is 13.8. The average Bonchev–Trinajstić information content (AvgIpc) is 2.88. The van der Waals surface area contributed by atoms with Crippen molar-refractivity contribution in [2.24, 2.45) is 5.73 Å². The van der Waals surface area contributed by atoms with Gasteiger partial charge in [0.05, 0.1) is 12.1 Å². The zero-order chi connectivity index (χ0) is 14.8. The van der Waals surface area contributed by atoms with E-state index in [-0.39, 0.29) is 0 Å². The number of nitrogens with two attached hydrogens (primary N) is 1. The summed E-state index contributed by atoms with van der Waals surface area (Å²) in [7, 11) is 0. The molecule has 1 heterocycles. The predicted octanol–water partition coefficient (Wildman–Crippen LogP) is 3.47. The third-order valence-electron chi connectivity index (χ3n) is 3.63. The molecule has 2 N–H and O–H groups in total. The Morgan fingerprint density at radius 1 is 1.00 bits per heavy atom. The first-order valence-electron chi connectivity index (χ1n) is 6.90. The lowest BCUT2D eigenvalue weighted by molar-refractivity contribution is 0.579. The Bertz CT molecular complexity index is 778. The van der Waals surface area contributed by atoms with Crippen LogP contribution in [0.25, 0.3) is 10.9 Å². The summed E-state index contributed by atoms with van der Waals surface area (Å²) in [5.74, 6) is -0.820. The first-order valence-corrected chi connectivity index (χ1v) is 6.90. The molecule has 0 aliphatic heterocycles. The predicted molar refractivity (Wildman–Crippen MR) is 80.2 cm³/mol. The molecule has 2 nitrogen and oxygen atoms in total. The van der Waals surface area contributed by atoms with Gasteiger partial charge in [0.2, 0.25) is 0 Å². The number of hydrogen-bond acceptors (Lipinski definition) is 1. The molecular formula is C17H16F2N2. The molecule has 0 saturated carbocycles. The Kier molecular flexibility index (Phi) is 3.71. The highest BCUT2D eigenvalue weighted by atomic mass is 19.1. The number of halogens is 2. The summed E-state index contributed by atoms with van der Waals surface area (Å²) in [6, 6.07) is 11.5. The van der Waals surface area contributed by atoms with E-state index >= 15 is 0 Å². The van der Waals surface area contributed by atoms with Crippen molar-refractivity contribution in [3.8, 4) is 0 Å². The molecular weight excluding hydrogens is 270 g/mol. The summed E-state index contributed by atoms with van der Waals surface area (Å²) in [4.78, 5) is 0. The molecule has 0 bridgehead atoms. The van der Waals surface area contributed by atoms with Crippen LogP contribution in [0, 0.1) is 11.6 Å². The highest BCUT2D eigenvalue weighted by Gasteiger charge is 2.09. The molecule has 0 amide bonds. The molecule has 0 aliphatic rings. The topological polar surface area (TPSA) is 30.9 Å². The van der Waals surface area contributed by atoms with Gasteiger partial charge in [0, 0.05) is 11.8 Å². The number of benzene rings is 2. The van der Waals surface area contributed by atoms with Crippen LogP contribution in [0.5, 0.6) is 0 Å². The molecule has 21 heavy (non-hydrogen) atoms. The van der Waals surface area contributed by atoms with E-state index < -0.39 is 11.6 Å². The van der Waals surface area contributed by atoms with Gasteiger partial charge in [-0.15, -0.1) is 0 Å². The smallest absolute Gasteiger partial charge is 0.128 e. The van der Waals surface area contributed by atoms with Gasteiger partial charge >= 0.3 is 0 Å². The summed E-state index contributed by atoms with van der Waals surface area (Å²) in [5, 5.41) is 1.08. The molecule has 1 aromatic heterocycles. The molecule has 0 saturated heterocycles. The number of para-hydroxylation sites is 1. The van der Waals surface area contributed by atoms with Crippen molar-refractivity contribution in [2.75, 3.05) is 6.54 Å². The highest BCUT2D eigenvalue weighted by molar-refractivity contribution is 5.83. The second-order valence-corrected chi connectivity index (χ2v) is 5.07. The maximum Gasteiger partial charge on any atom is 0.128 e. The highest BCUT2D eigenvalue weighted by Crippen LogP contribution is 2.22. The molecule has 0 spiro atoms. The van der Waals surface area contributed by atoms with Crippen molar-refractivity contribution in [2.45, 2.75) is 13.0 Å². The van der Waals surface area contributed by atoms with Gasteiger partial charge < -0.3 is 10.3 Å². The van der Waals surface area contributed by atoms with Gasteiger partial charge in [-0.25, -0.2) is 8.78 Å². The molecule has 0 aliphatic carbocycles. The Morgan fingerprint density at radius 3 is 2.67 bits per heavy atom. The van der Waals surface area contributed by atoms with E-state index in [1.54, 1.807) is 0 Å². The third kappa shape index (κ3) is 2.67. The summed E-state index contributed by atoms with van der Waals surface area (Å²) >= 11 is 0.